The van der Waals surface area contributed by atoms with Crippen molar-refractivity contribution < 1.29 is 9.00 Å². The third kappa shape index (κ3) is 4.37. The van der Waals surface area contributed by atoms with Gasteiger partial charge in [0.2, 0.25) is 5.91 Å². The topological polar surface area (TPSA) is 70.0 Å². The molecule has 4 nitrogen and oxygen atoms in total. The lowest BCUT2D eigenvalue weighted by Gasteiger charge is -2.04. The smallest absolute Gasteiger partial charge is 0.232 e. The van der Waals surface area contributed by atoms with Gasteiger partial charge in [0, 0.05) is 17.3 Å². The summed E-state index contributed by atoms with van der Waals surface area (Å²) < 4.78 is 11.7. The van der Waals surface area contributed by atoms with Crippen LogP contribution < -0.4 is 5.32 Å². The fourth-order valence-corrected chi connectivity index (χ4v) is 2.47. The van der Waals surface area contributed by atoms with E-state index in [9.17, 15) is 9.00 Å². The van der Waals surface area contributed by atoms with Crippen LogP contribution >= 0.6 is 0 Å². The Labute approximate surface area is 103 Å². The quantitative estimate of drug-likeness (QED) is 0.845. The van der Waals surface area contributed by atoms with Crippen LogP contribution in [-0.4, -0.2) is 22.4 Å². The molecule has 1 atom stereocenters. The molecule has 1 aromatic rings. The SMILES string of the molecule is CCNC(=O)CS(=O)Cc1ccccc1C#N. The largest absolute Gasteiger partial charge is 0.356 e. The maximum atomic E-state index is 11.7. The van der Waals surface area contributed by atoms with Gasteiger partial charge in [-0.15, -0.1) is 0 Å². The van der Waals surface area contributed by atoms with E-state index in [1.807, 2.05) is 13.0 Å². The van der Waals surface area contributed by atoms with Gasteiger partial charge in [-0.1, -0.05) is 18.2 Å². The zero-order valence-corrected chi connectivity index (χ0v) is 10.4. The van der Waals surface area contributed by atoms with E-state index in [4.69, 9.17) is 5.26 Å². The first-order chi connectivity index (χ1) is 8.17. The number of hydrogen-bond acceptors (Lipinski definition) is 3. The van der Waals surface area contributed by atoms with Gasteiger partial charge in [0.05, 0.1) is 17.4 Å². The van der Waals surface area contributed by atoms with E-state index in [0.717, 1.165) is 5.56 Å². The highest BCUT2D eigenvalue weighted by atomic mass is 32.2. The molecule has 0 fully saturated rings. The van der Waals surface area contributed by atoms with Gasteiger partial charge in [-0.3, -0.25) is 9.00 Å². The van der Waals surface area contributed by atoms with E-state index in [2.05, 4.69) is 5.32 Å². The molecule has 1 N–H and O–H groups in total. The summed E-state index contributed by atoms with van der Waals surface area (Å²) in [5, 5.41) is 11.5. The number of nitrogens with one attached hydrogen (secondary N) is 1. The third-order valence-corrected chi connectivity index (χ3v) is 3.34. The van der Waals surface area contributed by atoms with E-state index < -0.39 is 10.8 Å². The molecule has 17 heavy (non-hydrogen) atoms. The molecule has 0 bridgehead atoms. The number of carbonyl (C=O) groups excluding carboxylic acids is 1. The van der Waals surface area contributed by atoms with Crippen molar-refractivity contribution in [3.05, 3.63) is 35.4 Å². The van der Waals surface area contributed by atoms with E-state index in [1.54, 1.807) is 24.3 Å². The van der Waals surface area contributed by atoms with Gasteiger partial charge in [-0.25, -0.2) is 0 Å². The van der Waals surface area contributed by atoms with Crippen molar-refractivity contribution in [3.8, 4) is 6.07 Å². The van der Waals surface area contributed by atoms with Gasteiger partial charge in [-0.2, -0.15) is 5.26 Å². The van der Waals surface area contributed by atoms with Crippen LogP contribution in [0.15, 0.2) is 24.3 Å². The minimum Gasteiger partial charge on any atom is -0.356 e. The lowest BCUT2D eigenvalue weighted by Crippen LogP contribution is -2.28. The number of hydrogen-bond donors (Lipinski definition) is 1. The lowest BCUT2D eigenvalue weighted by molar-refractivity contribution is -0.118. The summed E-state index contributed by atoms with van der Waals surface area (Å²) >= 11 is 0. The van der Waals surface area contributed by atoms with Crippen molar-refractivity contribution in [1.29, 1.82) is 5.26 Å². The van der Waals surface area contributed by atoms with Crippen molar-refractivity contribution >= 4 is 16.7 Å². The van der Waals surface area contributed by atoms with Gasteiger partial charge < -0.3 is 5.32 Å². The van der Waals surface area contributed by atoms with E-state index in [0.29, 0.717) is 12.1 Å². The normalized spacial score (nSPS) is 11.5. The Morgan fingerprint density at radius 2 is 2.18 bits per heavy atom. The highest BCUT2D eigenvalue weighted by Crippen LogP contribution is 2.09. The number of nitrogens with zero attached hydrogens (tertiary/aromatic N) is 1. The van der Waals surface area contributed by atoms with Crippen LogP contribution in [0.2, 0.25) is 0 Å². The molecule has 0 aliphatic rings. The summed E-state index contributed by atoms with van der Waals surface area (Å²) in [6.07, 6.45) is 0. The molecule has 0 aliphatic heterocycles. The average Bonchev–Trinajstić information content (AvgIpc) is 2.29. The summed E-state index contributed by atoms with van der Waals surface area (Å²) in [4.78, 5) is 11.2. The monoisotopic (exact) mass is 250 g/mol. The zero-order chi connectivity index (χ0) is 12.7. The van der Waals surface area contributed by atoms with E-state index in [-0.39, 0.29) is 17.4 Å². The highest BCUT2D eigenvalue weighted by molar-refractivity contribution is 7.84. The summed E-state index contributed by atoms with van der Waals surface area (Å²) in [5.74, 6) is -0.00523. The van der Waals surface area contributed by atoms with Gasteiger partial charge in [-0.05, 0) is 18.6 Å². The predicted octanol–water partition coefficient (Wildman–Crippen LogP) is 0.943. The third-order valence-electron chi connectivity index (χ3n) is 2.12. The number of carbonyl (C=O) groups is 1. The standard InChI is InChI=1S/C12H14N2O2S/c1-2-14-12(15)9-17(16)8-11-6-4-3-5-10(11)7-13/h3-6H,2,8-9H2,1H3,(H,14,15). The Bertz CT molecular complexity index is 466. The van der Waals surface area contributed by atoms with Gasteiger partial charge >= 0.3 is 0 Å². The number of rotatable bonds is 5. The molecule has 0 radical (unpaired) electrons. The van der Waals surface area contributed by atoms with E-state index in [1.165, 1.54) is 0 Å². The molecule has 1 rings (SSSR count). The first kappa shape index (κ1) is 13.4. The molecule has 5 heteroatoms. The Morgan fingerprint density at radius 3 is 2.82 bits per heavy atom. The fourth-order valence-electron chi connectivity index (χ4n) is 1.37. The second-order valence-corrected chi connectivity index (χ2v) is 4.91. The maximum Gasteiger partial charge on any atom is 0.232 e. The van der Waals surface area contributed by atoms with Crippen LogP contribution in [0.1, 0.15) is 18.1 Å². The molecule has 1 amide bonds. The van der Waals surface area contributed by atoms with Gasteiger partial charge in [0.15, 0.2) is 0 Å². The second kappa shape index (κ2) is 6.81. The molecular formula is C12H14N2O2S. The van der Waals surface area contributed by atoms with Crippen LogP contribution in [0.3, 0.4) is 0 Å². The van der Waals surface area contributed by atoms with Crippen molar-refractivity contribution in [1.82, 2.24) is 5.32 Å². The predicted molar refractivity (Wildman–Crippen MR) is 66.6 cm³/mol. The first-order valence-electron chi connectivity index (χ1n) is 5.27. The molecular weight excluding hydrogens is 236 g/mol. The number of nitriles is 1. The van der Waals surface area contributed by atoms with Crippen molar-refractivity contribution in [2.24, 2.45) is 0 Å². The minimum absolute atomic E-state index is 0.0202. The van der Waals surface area contributed by atoms with Crippen LogP contribution in [0.5, 0.6) is 0 Å². The molecule has 0 saturated heterocycles. The number of benzene rings is 1. The van der Waals surface area contributed by atoms with Gasteiger partial charge in [0.25, 0.3) is 0 Å². The van der Waals surface area contributed by atoms with Crippen LogP contribution in [0.25, 0.3) is 0 Å². The molecule has 0 aromatic heterocycles. The van der Waals surface area contributed by atoms with Crippen molar-refractivity contribution in [2.75, 3.05) is 12.3 Å². The van der Waals surface area contributed by atoms with Crippen LogP contribution in [0.4, 0.5) is 0 Å². The molecule has 90 valence electrons. The Hall–Kier alpha value is -1.67. The average molecular weight is 250 g/mol. The molecule has 0 heterocycles. The van der Waals surface area contributed by atoms with Crippen molar-refractivity contribution in [3.63, 3.8) is 0 Å². The Morgan fingerprint density at radius 1 is 1.47 bits per heavy atom. The number of amides is 1. The Balaban J connectivity index is 2.63. The van der Waals surface area contributed by atoms with Crippen molar-refractivity contribution in [2.45, 2.75) is 12.7 Å². The maximum absolute atomic E-state index is 11.7. The lowest BCUT2D eigenvalue weighted by atomic mass is 10.1. The molecule has 1 unspecified atom stereocenters. The summed E-state index contributed by atoms with van der Waals surface area (Å²) in [7, 11) is -1.28. The molecule has 1 aromatic carbocycles. The zero-order valence-electron chi connectivity index (χ0n) is 9.60. The minimum atomic E-state index is -1.28. The molecule has 0 spiro atoms. The summed E-state index contributed by atoms with van der Waals surface area (Å²) in [5.41, 5.74) is 1.23. The molecule has 0 saturated carbocycles. The Kier molecular flexibility index (Phi) is 5.37. The molecule has 0 aliphatic carbocycles. The van der Waals surface area contributed by atoms with Crippen LogP contribution in [-0.2, 0) is 21.3 Å². The van der Waals surface area contributed by atoms with Gasteiger partial charge in [0.1, 0.15) is 5.75 Å². The highest BCUT2D eigenvalue weighted by Gasteiger charge is 2.10. The summed E-state index contributed by atoms with van der Waals surface area (Å²) in [6.45, 7) is 2.34. The second-order valence-electron chi connectivity index (χ2n) is 3.45. The fraction of sp³-hybridized carbons (Fsp3) is 0.333. The summed E-state index contributed by atoms with van der Waals surface area (Å²) in [6, 6.07) is 9.03. The van der Waals surface area contributed by atoms with E-state index >= 15 is 0 Å². The van der Waals surface area contributed by atoms with Crippen LogP contribution in [0, 0.1) is 11.3 Å². The first-order valence-corrected chi connectivity index (χ1v) is 6.75.